The first-order valence-corrected chi connectivity index (χ1v) is 11.3. The van der Waals surface area contributed by atoms with Crippen LogP contribution < -0.4 is 11.1 Å². The predicted octanol–water partition coefficient (Wildman–Crippen LogP) is 4.71. The number of anilines is 1. The molecule has 1 amide bonds. The third-order valence-corrected chi connectivity index (χ3v) is 6.97. The lowest BCUT2D eigenvalue weighted by Crippen LogP contribution is -2.54. The molecule has 0 unspecified atom stereocenters. The van der Waals surface area contributed by atoms with E-state index < -0.39 is 46.3 Å². The molecule has 2 aromatic heterocycles. The molecule has 0 spiro atoms. The van der Waals surface area contributed by atoms with Crippen LogP contribution in [0, 0.1) is 30.3 Å². The van der Waals surface area contributed by atoms with Crippen LogP contribution >= 0.6 is 0 Å². The average Bonchev–Trinajstić information content (AvgIpc) is 2.78. The minimum absolute atomic E-state index is 0.0361. The second kappa shape index (κ2) is 9.39. The summed E-state index contributed by atoms with van der Waals surface area (Å²) < 4.78 is 43.4. The van der Waals surface area contributed by atoms with Crippen LogP contribution in [-0.4, -0.2) is 32.6 Å². The minimum Gasteiger partial charge on any atom is -0.388 e. The number of nitrogens with zero attached hydrogens (tertiary/aromatic N) is 2. The van der Waals surface area contributed by atoms with E-state index in [9.17, 15) is 23.1 Å². The zero-order chi connectivity index (χ0) is 25.5. The molecule has 1 aliphatic rings. The number of carbonyl (C=O) groups excluding carboxylic acids is 1. The maximum atomic E-state index is 14.5. The summed E-state index contributed by atoms with van der Waals surface area (Å²) in [6.07, 6.45) is 4.25. The summed E-state index contributed by atoms with van der Waals surface area (Å²) >= 11 is 0. The fourth-order valence-electron chi connectivity index (χ4n) is 4.65. The minimum atomic E-state index is -0.998. The fraction of sp³-hybridized carbons (Fsp3) is 0.346. The van der Waals surface area contributed by atoms with Gasteiger partial charge in [0.2, 0.25) is 0 Å². The van der Waals surface area contributed by atoms with E-state index in [1.165, 1.54) is 13.1 Å². The zero-order valence-corrected chi connectivity index (χ0v) is 19.6. The van der Waals surface area contributed by atoms with Crippen LogP contribution in [0.2, 0.25) is 0 Å². The largest absolute Gasteiger partial charge is 0.388 e. The maximum absolute atomic E-state index is 14.5. The highest BCUT2D eigenvalue weighted by Gasteiger charge is 2.42. The van der Waals surface area contributed by atoms with Gasteiger partial charge in [-0.2, -0.15) is 0 Å². The SMILES string of the molecule is Cc1cc(F)c(-c2nc(C(=O)Nc3cnccc3[C@H]3C[C@@H](C)[C@](C)(O)[C@@H](N)C3)ccc2F)c(F)c1. The molecule has 0 bridgehead atoms. The Labute approximate surface area is 201 Å². The van der Waals surface area contributed by atoms with Crippen molar-refractivity contribution >= 4 is 11.6 Å². The number of pyridine rings is 2. The second-order valence-electron chi connectivity index (χ2n) is 9.45. The molecule has 1 aliphatic carbocycles. The summed E-state index contributed by atoms with van der Waals surface area (Å²) in [4.78, 5) is 21.0. The lowest BCUT2D eigenvalue weighted by molar-refractivity contribution is -0.0463. The average molecular weight is 485 g/mol. The van der Waals surface area contributed by atoms with E-state index in [2.05, 4.69) is 15.3 Å². The van der Waals surface area contributed by atoms with Crippen molar-refractivity contribution in [2.45, 2.75) is 51.2 Å². The van der Waals surface area contributed by atoms with E-state index in [4.69, 9.17) is 5.73 Å². The number of aliphatic hydroxyl groups is 1. The van der Waals surface area contributed by atoms with Crippen molar-refractivity contribution in [2.24, 2.45) is 11.7 Å². The number of amides is 1. The molecule has 9 heteroatoms. The van der Waals surface area contributed by atoms with Crippen molar-refractivity contribution < 1.29 is 23.1 Å². The Bertz CT molecular complexity index is 1240. The van der Waals surface area contributed by atoms with Crippen LogP contribution in [-0.2, 0) is 0 Å². The van der Waals surface area contributed by atoms with Gasteiger partial charge in [-0.1, -0.05) is 6.92 Å². The summed E-state index contributed by atoms with van der Waals surface area (Å²) in [5.74, 6) is -3.70. The van der Waals surface area contributed by atoms with Crippen molar-refractivity contribution in [3.8, 4) is 11.3 Å². The first kappa shape index (κ1) is 24.8. The number of carbonyl (C=O) groups is 1. The molecular formula is C26H27F3N4O2. The smallest absolute Gasteiger partial charge is 0.274 e. The molecule has 0 radical (unpaired) electrons. The molecule has 6 nitrogen and oxygen atoms in total. The first-order valence-electron chi connectivity index (χ1n) is 11.3. The molecule has 2 heterocycles. The number of hydrogen-bond donors (Lipinski definition) is 3. The Kier molecular flexibility index (Phi) is 6.66. The van der Waals surface area contributed by atoms with Crippen LogP contribution in [0.1, 0.15) is 54.2 Å². The summed E-state index contributed by atoms with van der Waals surface area (Å²) in [5.41, 5.74) is 5.34. The van der Waals surface area contributed by atoms with Crippen LogP contribution in [0.4, 0.5) is 18.9 Å². The lowest BCUT2D eigenvalue weighted by Gasteiger charge is -2.44. The van der Waals surface area contributed by atoms with Gasteiger partial charge in [0.15, 0.2) is 0 Å². The summed E-state index contributed by atoms with van der Waals surface area (Å²) in [5, 5.41) is 13.4. The van der Waals surface area contributed by atoms with Gasteiger partial charge in [0.25, 0.3) is 5.91 Å². The molecule has 4 atom stereocenters. The van der Waals surface area contributed by atoms with Crippen molar-refractivity contribution in [3.63, 3.8) is 0 Å². The van der Waals surface area contributed by atoms with Crippen molar-refractivity contribution in [3.05, 3.63) is 77.0 Å². The van der Waals surface area contributed by atoms with Gasteiger partial charge >= 0.3 is 0 Å². The summed E-state index contributed by atoms with van der Waals surface area (Å²) in [7, 11) is 0. The Hall–Kier alpha value is -3.30. The van der Waals surface area contributed by atoms with Crippen LogP contribution in [0.3, 0.4) is 0 Å². The van der Waals surface area contributed by atoms with Gasteiger partial charge < -0.3 is 16.2 Å². The maximum Gasteiger partial charge on any atom is 0.274 e. The highest BCUT2D eigenvalue weighted by Crippen LogP contribution is 2.42. The number of benzene rings is 1. The highest BCUT2D eigenvalue weighted by molar-refractivity contribution is 6.03. The lowest BCUT2D eigenvalue weighted by atomic mass is 9.68. The molecular weight excluding hydrogens is 457 g/mol. The molecule has 35 heavy (non-hydrogen) atoms. The van der Waals surface area contributed by atoms with Crippen LogP contribution in [0.5, 0.6) is 0 Å². The van der Waals surface area contributed by atoms with Crippen molar-refractivity contribution in [2.75, 3.05) is 5.32 Å². The fourth-order valence-corrected chi connectivity index (χ4v) is 4.65. The third-order valence-electron chi connectivity index (χ3n) is 6.97. The monoisotopic (exact) mass is 484 g/mol. The van der Waals surface area contributed by atoms with E-state index in [0.717, 1.165) is 29.8 Å². The van der Waals surface area contributed by atoms with Gasteiger partial charge in [-0.3, -0.25) is 9.78 Å². The highest BCUT2D eigenvalue weighted by atomic mass is 19.1. The van der Waals surface area contributed by atoms with E-state index in [1.807, 2.05) is 6.92 Å². The summed E-state index contributed by atoms with van der Waals surface area (Å²) in [6, 6.07) is 5.56. The molecule has 4 N–H and O–H groups in total. The topological polar surface area (TPSA) is 101 Å². The van der Waals surface area contributed by atoms with Gasteiger partial charge in [-0.15, -0.1) is 0 Å². The predicted molar refractivity (Wildman–Crippen MR) is 126 cm³/mol. The number of aryl methyl sites for hydroxylation is 1. The number of nitrogens with two attached hydrogens (primary N) is 1. The molecule has 1 aromatic carbocycles. The Morgan fingerprint density at radius 2 is 1.83 bits per heavy atom. The van der Waals surface area contributed by atoms with Crippen molar-refractivity contribution in [1.29, 1.82) is 0 Å². The number of halogens is 3. The van der Waals surface area contributed by atoms with Crippen LogP contribution in [0.15, 0.2) is 42.7 Å². The van der Waals surface area contributed by atoms with Crippen LogP contribution in [0.25, 0.3) is 11.3 Å². The van der Waals surface area contributed by atoms with Gasteiger partial charge in [0, 0.05) is 12.2 Å². The van der Waals surface area contributed by atoms with Crippen molar-refractivity contribution in [1.82, 2.24) is 9.97 Å². The van der Waals surface area contributed by atoms with E-state index in [1.54, 1.807) is 19.2 Å². The number of aromatic nitrogens is 2. The van der Waals surface area contributed by atoms with Gasteiger partial charge in [-0.05, 0) is 80.0 Å². The van der Waals surface area contributed by atoms with E-state index in [0.29, 0.717) is 24.1 Å². The number of hydrogen-bond acceptors (Lipinski definition) is 5. The quantitative estimate of drug-likeness (QED) is 0.498. The van der Waals surface area contributed by atoms with Gasteiger partial charge in [-0.25, -0.2) is 18.2 Å². The number of nitrogens with one attached hydrogen (secondary N) is 1. The molecule has 0 aliphatic heterocycles. The molecule has 1 fully saturated rings. The third kappa shape index (κ3) is 4.78. The Morgan fingerprint density at radius 3 is 2.49 bits per heavy atom. The Balaban J connectivity index is 1.64. The first-order chi connectivity index (χ1) is 16.5. The normalized spacial score (nSPS) is 24.3. The number of rotatable bonds is 4. The molecule has 3 aromatic rings. The van der Waals surface area contributed by atoms with Gasteiger partial charge in [0.05, 0.1) is 23.0 Å². The zero-order valence-electron chi connectivity index (χ0n) is 19.6. The van der Waals surface area contributed by atoms with E-state index >= 15 is 0 Å². The summed E-state index contributed by atoms with van der Waals surface area (Å²) in [6.45, 7) is 5.17. The molecule has 1 saturated carbocycles. The molecule has 0 saturated heterocycles. The van der Waals surface area contributed by atoms with Gasteiger partial charge in [0.1, 0.15) is 28.8 Å². The standard InChI is InChI=1S/C26H27F3N4O2/c1-13-8-18(28)23(19(29)9-13)24-17(27)4-5-20(32-24)25(34)33-21-12-31-7-6-16(21)15-10-14(2)26(3,35)22(30)11-15/h4-9,12,14-15,22,35H,10-11,30H2,1-3H3,(H,33,34)/t14-,15+,22+,26+/m1/s1. The molecule has 184 valence electrons. The van der Waals surface area contributed by atoms with E-state index in [-0.39, 0.29) is 17.5 Å². The second-order valence-corrected chi connectivity index (χ2v) is 9.45. The Morgan fingerprint density at radius 1 is 1.14 bits per heavy atom. The molecule has 4 rings (SSSR count).